The lowest BCUT2D eigenvalue weighted by Crippen LogP contribution is -2.23. The lowest BCUT2D eigenvalue weighted by atomic mass is 10.2. The molecular formula is C19H17ClN2O3S. The summed E-state index contributed by atoms with van der Waals surface area (Å²) in [5.41, 5.74) is 1.37. The number of amides is 1. The fourth-order valence-corrected chi connectivity index (χ4v) is 2.99. The highest BCUT2D eigenvalue weighted by molar-refractivity contribution is 7.09. The number of halogens is 1. The van der Waals surface area contributed by atoms with Crippen LogP contribution in [0.3, 0.4) is 0 Å². The molecule has 2 aromatic carbocycles. The molecule has 134 valence electrons. The van der Waals surface area contributed by atoms with Crippen LogP contribution in [0, 0.1) is 0 Å². The van der Waals surface area contributed by atoms with Gasteiger partial charge in [0.1, 0.15) is 28.8 Å². The maximum atomic E-state index is 12.2. The molecule has 1 heterocycles. The molecule has 1 amide bonds. The van der Waals surface area contributed by atoms with Crippen molar-refractivity contribution in [3.8, 4) is 11.5 Å². The highest BCUT2D eigenvalue weighted by atomic mass is 35.5. The number of methoxy groups -OCH3 is 1. The fraction of sp³-hybridized carbons (Fsp3) is 0.158. The smallest absolute Gasteiger partial charge is 0.271 e. The Hall–Kier alpha value is -2.57. The van der Waals surface area contributed by atoms with Gasteiger partial charge < -0.3 is 14.8 Å². The summed E-state index contributed by atoms with van der Waals surface area (Å²) in [6.07, 6.45) is 0. The van der Waals surface area contributed by atoms with Crippen LogP contribution in [0.4, 0.5) is 0 Å². The molecule has 0 fully saturated rings. The van der Waals surface area contributed by atoms with E-state index in [2.05, 4.69) is 10.3 Å². The number of thiazole rings is 1. The van der Waals surface area contributed by atoms with Crippen molar-refractivity contribution in [2.75, 3.05) is 7.11 Å². The van der Waals surface area contributed by atoms with E-state index in [1.54, 1.807) is 36.8 Å². The van der Waals surface area contributed by atoms with E-state index in [0.29, 0.717) is 29.6 Å². The number of carbonyl (C=O) groups is 1. The molecule has 0 saturated carbocycles. The Kier molecular flexibility index (Phi) is 6.09. The van der Waals surface area contributed by atoms with Gasteiger partial charge in [-0.25, -0.2) is 4.98 Å². The minimum absolute atomic E-state index is 0.213. The van der Waals surface area contributed by atoms with E-state index in [1.807, 2.05) is 24.3 Å². The zero-order valence-electron chi connectivity index (χ0n) is 14.1. The van der Waals surface area contributed by atoms with Crippen molar-refractivity contribution >= 4 is 28.8 Å². The number of rotatable bonds is 7. The summed E-state index contributed by atoms with van der Waals surface area (Å²) in [5, 5.41) is 5.97. The molecule has 1 N–H and O–H groups in total. The summed E-state index contributed by atoms with van der Waals surface area (Å²) < 4.78 is 10.8. The van der Waals surface area contributed by atoms with Crippen LogP contribution in [0.2, 0.25) is 5.02 Å². The minimum Gasteiger partial charge on any atom is -0.497 e. The molecule has 0 aliphatic carbocycles. The van der Waals surface area contributed by atoms with Gasteiger partial charge in [-0.15, -0.1) is 11.3 Å². The predicted molar refractivity (Wildman–Crippen MR) is 102 cm³/mol. The third-order valence-corrected chi connectivity index (χ3v) is 4.65. The highest BCUT2D eigenvalue weighted by Gasteiger charge is 2.11. The lowest BCUT2D eigenvalue weighted by Gasteiger charge is -2.05. The van der Waals surface area contributed by atoms with Gasteiger partial charge in [-0.1, -0.05) is 23.7 Å². The highest BCUT2D eigenvalue weighted by Crippen LogP contribution is 2.18. The third kappa shape index (κ3) is 4.97. The number of aromatic nitrogens is 1. The molecule has 1 aromatic heterocycles. The Morgan fingerprint density at radius 3 is 2.50 bits per heavy atom. The van der Waals surface area contributed by atoms with Crippen LogP contribution in [0.15, 0.2) is 53.9 Å². The van der Waals surface area contributed by atoms with Crippen molar-refractivity contribution in [3.63, 3.8) is 0 Å². The second-order valence-corrected chi connectivity index (χ2v) is 6.78. The van der Waals surface area contributed by atoms with Gasteiger partial charge in [0.2, 0.25) is 0 Å². The molecule has 5 nitrogen and oxygen atoms in total. The average Bonchev–Trinajstić information content (AvgIpc) is 3.15. The summed E-state index contributed by atoms with van der Waals surface area (Å²) in [6, 6.07) is 14.6. The lowest BCUT2D eigenvalue weighted by molar-refractivity contribution is 0.0946. The summed E-state index contributed by atoms with van der Waals surface area (Å²) >= 11 is 7.23. The number of carbonyl (C=O) groups excluding carboxylic acids is 1. The van der Waals surface area contributed by atoms with Gasteiger partial charge in [-0.3, -0.25) is 4.79 Å². The summed E-state index contributed by atoms with van der Waals surface area (Å²) in [7, 11) is 1.62. The van der Waals surface area contributed by atoms with E-state index in [0.717, 1.165) is 16.3 Å². The molecule has 26 heavy (non-hydrogen) atoms. The van der Waals surface area contributed by atoms with Crippen molar-refractivity contribution in [2.45, 2.75) is 13.2 Å². The zero-order chi connectivity index (χ0) is 18.4. The molecule has 0 aliphatic rings. The standard InChI is InChI=1S/C19H17ClN2O3S/c1-24-15-6-2-13(3-7-15)10-21-19(23)17-12-26-18(22-17)11-25-16-8-4-14(20)5-9-16/h2-9,12H,10-11H2,1H3,(H,21,23). The number of hydrogen-bond acceptors (Lipinski definition) is 5. The number of hydrogen-bond donors (Lipinski definition) is 1. The largest absolute Gasteiger partial charge is 0.497 e. The van der Waals surface area contributed by atoms with E-state index >= 15 is 0 Å². The van der Waals surface area contributed by atoms with Gasteiger partial charge in [0.25, 0.3) is 5.91 Å². The van der Waals surface area contributed by atoms with Gasteiger partial charge in [0, 0.05) is 16.9 Å². The molecule has 0 aliphatic heterocycles. The molecule has 0 saturated heterocycles. The molecule has 0 unspecified atom stereocenters. The maximum Gasteiger partial charge on any atom is 0.271 e. The summed E-state index contributed by atoms with van der Waals surface area (Å²) in [4.78, 5) is 16.5. The molecule has 0 atom stereocenters. The maximum absolute atomic E-state index is 12.2. The van der Waals surface area contributed by atoms with Crippen LogP contribution in [0.5, 0.6) is 11.5 Å². The SMILES string of the molecule is COc1ccc(CNC(=O)c2csc(COc3ccc(Cl)cc3)n2)cc1. The van der Waals surface area contributed by atoms with E-state index in [-0.39, 0.29) is 5.91 Å². The van der Waals surface area contributed by atoms with Crippen molar-refractivity contribution in [3.05, 3.63) is 75.2 Å². The van der Waals surface area contributed by atoms with Crippen molar-refractivity contribution < 1.29 is 14.3 Å². The van der Waals surface area contributed by atoms with Crippen LogP contribution >= 0.6 is 22.9 Å². The van der Waals surface area contributed by atoms with E-state index in [1.165, 1.54) is 11.3 Å². The third-order valence-electron chi connectivity index (χ3n) is 3.57. The first-order valence-corrected chi connectivity index (χ1v) is 9.14. The van der Waals surface area contributed by atoms with E-state index < -0.39 is 0 Å². The van der Waals surface area contributed by atoms with Gasteiger partial charge in [0.05, 0.1) is 7.11 Å². The van der Waals surface area contributed by atoms with Gasteiger partial charge in [0.15, 0.2) is 0 Å². The van der Waals surface area contributed by atoms with Crippen molar-refractivity contribution in [1.82, 2.24) is 10.3 Å². The first kappa shape index (κ1) is 18.2. The Morgan fingerprint density at radius 2 is 1.81 bits per heavy atom. The van der Waals surface area contributed by atoms with Crippen molar-refractivity contribution in [1.29, 1.82) is 0 Å². The summed E-state index contributed by atoms with van der Waals surface area (Å²) in [5.74, 6) is 1.27. The second-order valence-electron chi connectivity index (χ2n) is 5.40. The number of nitrogens with one attached hydrogen (secondary N) is 1. The molecule has 3 aromatic rings. The second kappa shape index (κ2) is 8.69. The van der Waals surface area contributed by atoms with Crippen LogP contribution in [0.25, 0.3) is 0 Å². The number of nitrogens with zero attached hydrogens (tertiary/aromatic N) is 1. The van der Waals surface area contributed by atoms with E-state index in [9.17, 15) is 4.79 Å². The van der Waals surface area contributed by atoms with E-state index in [4.69, 9.17) is 21.1 Å². The molecule has 7 heteroatoms. The van der Waals surface area contributed by atoms with Crippen LogP contribution in [-0.4, -0.2) is 18.0 Å². The van der Waals surface area contributed by atoms with Crippen LogP contribution < -0.4 is 14.8 Å². The molecule has 0 radical (unpaired) electrons. The molecule has 0 bridgehead atoms. The molecule has 3 rings (SSSR count). The zero-order valence-corrected chi connectivity index (χ0v) is 15.6. The fourth-order valence-electron chi connectivity index (χ4n) is 2.17. The number of ether oxygens (including phenoxy) is 2. The van der Waals surface area contributed by atoms with Gasteiger partial charge in [-0.2, -0.15) is 0 Å². The summed E-state index contributed by atoms with van der Waals surface area (Å²) in [6.45, 7) is 0.731. The monoisotopic (exact) mass is 388 g/mol. The quantitative estimate of drug-likeness (QED) is 0.655. The first-order chi connectivity index (χ1) is 12.6. The number of benzene rings is 2. The Balaban J connectivity index is 1.51. The van der Waals surface area contributed by atoms with Crippen LogP contribution in [0.1, 0.15) is 21.1 Å². The Morgan fingerprint density at radius 1 is 1.12 bits per heavy atom. The predicted octanol–water partition coefficient (Wildman–Crippen LogP) is 4.31. The normalized spacial score (nSPS) is 10.4. The molecule has 0 spiro atoms. The average molecular weight is 389 g/mol. The molecular weight excluding hydrogens is 372 g/mol. The Labute approximate surface area is 160 Å². The Bertz CT molecular complexity index is 863. The van der Waals surface area contributed by atoms with Gasteiger partial charge in [-0.05, 0) is 42.0 Å². The minimum atomic E-state index is -0.213. The van der Waals surface area contributed by atoms with Gasteiger partial charge >= 0.3 is 0 Å². The topological polar surface area (TPSA) is 60.5 Å². The first-order valence-electron chi connectivity index (χ1n) is 7.88. The van der Waals surface area contributed by atoms with Crippen LogP contribution in [-0.2, 0) is 13.2 Å². The van der Waals surface area contributed by atoms with Crippen molar-refractivity contribution in [2.24, 2.45) is 0 Å².